The van der Waals surface area contributed by atoms with Crippen molar-refractivity contribution in [2.45, 2.75) is 32.8 Å². The molecule has 0 aliphatic rings. The number of hydrogen-bond acceptors (Lipinski definition) is 2. The number of halogens is 7. The molecule has 0 saturated carbocycles. The van der Waals surface area contributed by atoms with Gasteiger partial charge in [0.1, 0.15) is 28.7 Å². The van der Waals surface area contributed by atoms with Gasteiger partial charge >= 0.3 is 6.11 Å². The van der Waals surface area contributed by atoms with Crippen molar-refractivity contribution < 1.29 is 40.2 Å². The van der Waals surface area contributed by atoms with Gasteiger partial charge in [0.05, 0.1) is 6.61 Å². The molecule has 0 fully saturated rings. The summed E-state index contributed by atoms with van der Waals surface area (Å²) in [7, 11) is 0. The maximum absolute atomic E-state index is 14.9. The zero-order valence-electron chi connectivity index (χ0n) is 21.9. The van der Waals surface area contributed by atoms with Gasteiger partial charge in [0.15, 0.2) is 17.5 Å². The monoisotopic (exact) mass is 572 g/mol. The molecule has 0 spiro atoms. The van der Waals surface area contributed by atoms with Crippen LogP contribution in [0.2, 0.25) is 0 Å². The van der Waals surface area contributed by atoms with E-state index in [4.69, 9.17) is 4.74 Å². The summed E-state index contributed by atoms with van der Waals surface area (Å²) in [6, 6.07) is 12.2. The van der Waals surface area contributed by atoms with E-state index in [2.05, 4.69) is 23.5 Å². The molecule has 4 aromatic rings. The molecule has 0 radical (unpaired) electrons. The highest BCUT2D eigenvalue weighted by Gasteiger charge is 2.38. The molecule has 212 valence electrons. The van der Waals surface area contributed by atoms with Gasteiger partial charge in [0.25, 0.3) is 0 Å². The quantitative estimate of drug-likeness (QED) is 0.0908. The van der Waals surface area contributed by atoms with Gasteiger partial charge in [-0.3, -0.25) is 0 Å². The van der Waals surface area contributed by atoms with Gasteiger partial charge in [-0.1, -0.05) is 25.2 Å². The van der Waals surface area contributed by atoms with Crippen LogP contribution in [-0.2, 0) is 6.11 Å². The summed E-state index contributed by atoms with van der Waals surface area (Å²) in [5, 5.41) is 0. The summed E-state index contributed by atoms with van der Waals surface area (Å²) in [5.41, 5.74) is -0.796. The van der Waals surface area contributed by atoms with Crippen molar-refractivity contribution in [2.24, 2.45) is 0 Å². The first kappa shape index (κ1) is 29.5. The van der Waals surface area contributed by atoms with Crippen LogP contribution in [0.1, 0.15) is 42.0 Å². The first-order valence-electron chi connectivity index (χ1n) is 12.5. The Morgan fingerprint density at radius 1 is 0.732 bits per heavy atom. The van der Waals surface area contributed by atoms with Crippen LogP contribution < -0.4 is 9.47 Å². The third-order valence-corrected chi connectivity index (χ3v) is 6.07. The highest BCUT2D eigenvalue weighted by molar-refractivity contribution is 5.65. The Kier molecular flexibility index (Phi) is 8.92. The van der Waals surface area contributed by atoms with Gasteiger partial charge in [-0.2, -0.15) is 8.78 Å². The molecular weight excluding hydrogens is 549 g/mol. The van der Waals surface area contributed by atoms with E-state index in [0.29, 0.717) is 36.1 Å². The van der Waals surface area contributed by atoms with E-state index >= 15 is 0 Å². The molecule has 0 aliphatic heterocycles. The van der Waals surface area contributed by atoms with Crippen molar-refractivity contribution in [2.75, 3.05) is 6.61 Å². The average molecular weight is 573 g/mol. The predicted molar refractivity (Wildman–Crippen MR) is 140 cm³/mol. The molecule has 2 nitrogen and oxygen atoms in total. The Morgan fingerprint density at radius 3 is 2.02 bits per heavy atom. The van der Waals surface area contributed by atoms with Crippen molar-refractivity contribution in [3.63, 3.8) is 0 Å². The van der Waals surface area contributed by atoms with Crippen molar-refractivity contribution in [3.8, 4) is 34.5 Å². The highest BCUT2D eigenvalue weighted by Crippen LogP contribution is 2.36. The molecule has 4 rings (SSSR count). The van der Waals surface area contributed by atoms with Gasteiger partial charge in [-0.25, -0.2) is 22.0 Å². The van der Waals surface area contributed by atoms with Crippen LogP contribution in [0.4, 0.5) is 30.7 Å². The van der Waals surface area contributed by atoms with Gasteiger partial charge in [0.2, 0.25) is 0 Å². The molecule has 0 N–H and O–H groups in total. The molecule has 0 aliphatic carbocycles. The van der Waals surface area contributed by atoms with Crippen LogP contribution in [0.25, 0.3) is 11.1 Å². The summed E-state index contributed by atoms with van der Waals surface area (Å²) in [6.45, 7) is 4.13. The second-order valence-electron chi connectivity index (χ2n) is 9.14. The lowest BCUT2D eigenvalue weighted by atomic mass is 10.0. The summed E-state index contributed by atoms with van der Waals surface area (Å²) < 4.78 is 110. The van der Waals surface area contributed by atoms with Gasteiger partial charge in [0, 0.05) is 22.8 Å². The largest absolute Gasteiger partial charge is 0.494 e. The summed E-state index contributed by atoms with van der Waals surface area (Å²) in [5.74, 6) is -1.66. The number of alkyl halides is 2. The molecule has 0 unspecified atom stereocenters. The van der Waals surface area contributed by atoms with Crippen LogP contribution in [-0.4, -0.2) is 6.61 Å². The molecule has 41 heavy (non-hydrogen) atoms. The molecular formula is C32H23F7O2. The molecule has 0 heterocycles. The number of unbranched alkanes of at least 4 members (excludes halogenated alkanes) is 1. The fourth-order valence-corrected chi connectivity index (χ4v) is 3.86. The standard InChI is InChI=1S/C32H23F7O2/c1-3-4-13-40-23-9-6-20(7-10-23)5-8-21-15-28(34)26(14-19(21)2)32(38,39)41-24-11-12-25(27(33)18-24)22-16-29(35)31(37)30(36)17-22/h6-7,9-12,14-18H,3-4,13H2,1-2H3. The number of rotatable bonds is 8. The van der Waals surface area contributed by atoms with Crippen molar-refractivity contribution >= 4 is 0 Å². The number of ether oxygens (including phenoxy) is 2. The normalized spacial score (nSPS) is 11.1. The second kappa shape index (κ2) is 12.4. The smallest absolute Gasteiger partial charge is 0.429 e. The summed E-state index contributed by atoms with van der Waals surface area (Å²) in [6.07, 6.45) is -2.28. The number of hydrogen-bond donors (Lipinski definition) is 0. The van der Waals surface area contributed by atoms with Gasteiger partial charge in [-0.05, 0) is 85.1 Å². The van der Waals surface area contributed by atoms with Gasteiger partial charge < -0.3 is 9.47 Å². The van der Waals surface area contributed by atoms with E-state index in [-0.39, 0.29) is 22.3 Å². The first-order valence-corrected chi connectivity index (χ1v) is 12.5. The van der Waals surface area contributed by atoms with Crippen LogP contribution in [0.15, 0.2) is 66.7 Å². The minimum Gasteiger partial charge on any atom is -0.494 e. The Hall–Kier alpha value is -4.45. The molecule has 0 amide bonds. The molecule has 0 saturated heterocycles. The molecule has 0 bridgehead atoms. The van der Waals surface area contributed by atoms with Crippen LogP contribution >= 0.6 is 0 Å². The average Bonchev–Trinajstić information content (AvgIpc) is 2.92. The Labute approximate surface area is 232 Å². The lowest BCUT2D eigenvalue weighted by molar-refractivity contribution is -0.187. The summed E-state index contributed by atoms with van der Waals surface area (Å²) >= 11 is 0. The Balaban J connectivity index is 1.52. The highest BCUT2D eigenvalue weighted by atomic mass is 19.3. The Bertz CT molecular complexity index is 1600. The SMILES string of the molecule is CCCCOc1ccc(C#Cc2cc(F)c(C(F)(F)Oc3ccc(-c4cc(F)c(F)c(F)c4)c(F)c3)cc2C)cc1. The second-order valence-corrected chi connectivity index (χ2v) is 9.14. The number of benzene rings is 4. The first-order chi connectivity index (χ1) is 19.5. The lowest BCUT2D eigenvalue weighted by Gasteiger charge is -2.20. The maximum atomic E-state index is 14.9. The van der Waals surface area contributed by atoms with E-state index in [1.165, 1.54) is 6.92 Å². The van der Waals surface area contributed by atoms with Gasteiger partial charge in [-0.15, -0.1) is 0 Å². The maximum Gasteiger partial charge on any atom is 0.429 e. The zero-order valence-corrected chi connectivity index (χ0v) is 21.9. The molecule has 4 aromatic carbocycles. The fraction of sp³-hybridized carbons (Fsp3) is 0.188. The van der Waals surface area contributed by atoms with Crippen LogP contribution in [0.5, 0.6) is 11.5 Å². The minimum absolute atomic E-state index is 0.180. The topological polar surface area (TPSA) is 18.5 Å². The van der Waals surface area contributed by atoms with E-state index in [1.54, 1.807) is 24.3 Å². The summed E-state index contributed by atoms with van der Waals surface area (Å²) in [4.78, 5) is 0. The van der Waals surface area contributed by atoms with E-state index < -0.39 is 46.5 Å². The predicted octanol–water partition coefficient (Wildman–Crippen LogP) is 9.06. The van der Waals surface area contributed by atoms with Crippen molar-refractivity contribution in [1.29, 1.82) is 0 Å². The zero-order chi connectivity index (χ0) is 29.7. The fourth-order valence-electron chi connectivity index (χ4n) is 3.86. The third-order valence-electron chi connectivity index (χ3n) is 6.07. The molecule has 9 heteroatoms. The Morgan fingerprint density at radius 2 is 1.39 bits per heavy atom. The lowest BCUT2D eigenvalue weighted by Crippen LogP contribution is -2.24. The molecule has 0 atom stereocenters. The molecule has 0 aromatic heterocycles. The van der Waals surface area contributed by atoms with Crippen LogP contribution in [0.3, 0.4) is 0 Å². The van der Waals surface area contributed by atoms with E-state index in [9.17, 15) is 30.7 Å². The number of aryl methyl sites for hydroxylation is 1. The minimum atomic E-state index is -4.21. The van der Waals surface area contributed by atoms with Crippen molar-refractivity contribution in [1.82, 2.24) is 0 Å². The van der Waals surface area contributed by atoms with E-state index in [1.807, 2.05) is 0 Å². The third kappa shape index (κ3) is 7.01. The van der Waals surface area contributed by atoms with Crippen LogP contribution in [0, 0.1) is 47.9 Å². The van der Waals surface area contributed by atoms with E-state index in [0.717, 1.165) is 37.1 Å². The van der Waals surface area contributed by atoms with Crippen molar-refractivity contribution in [3.05, 3.63) is 118 Å².